The van der Waals surface area contributed by atoms with Crippen molar-refractivity contribution in [2.45, 2.75) is 39.2 Å². The van der Waals surface area contributed by atoms with Gasteiger partial charge in [-0.3, -0.25) is 4.79 Å². The van der Waals surface area contributed by atoms with Crippen LogP contribution >= 0.6 is 0 Å². The van der Waals surface area contributed by atoms with E-state index in [1.54, 1.807) is 0 Å². The van der Waals surface area contributed by atoms with Crippen LogP contribution in [-0.2, 0) is 14.8 Å². The molecule has 0 spiro atoms. The van der Waals surface area contributed by atoms with Crippen LogP contribution < -0.4 is 10.0 Å². The van der Waals surface area contributed by atoms with E-state index >= 15 is 0 Å². The molecule has 0 aromatic heterocycles. The fourth-order valence-electron chi connectivity index (χ4n) is 2.54. The van der Waals surface area contributed by atoms with Crippen LogP contribution in [0.4, 0.5) is 0 Å². The lowest BCUT2D eigenvalue weighted by Crippen LogP contribution is -2.45. The molecule has 2 N–H and O–H groups in total. The van der Waals surface area contributed by atoms with Crippen molar-refractivity contribution in [1.29, 1.82) is 0 Å². The third-order valence-corrected chi connectivity index (χ3v) is 4.23. The molecule has 0 bridgehead atoms. The molecule has 7 heteroatoms. The minimum absolute atomic E-state index is 0.155. The molecule has 6 nitrogen and oxygen atoms in total. The monoisotopic (exact) mass is 305 g/mol. The average molecular weight is 305 g/mol. The van der Waals surface area contributed by atoms with E-state index < -0.39 is 10.0 Å². The third-order valence-electron chi connectivity index (χ3n) is 3.54. The standard InChI is InChI=1S/C13H27N3O3S/c1-4-14-11(2)8-13(17)16-7-5-6-12(10-16)9-15-20(3,18)19/h11-12,14-15H,4-10H2,1-3H3. The van der Waals surface area contributed by atoms with Gasteiger partial charge in [-0.1, -0.05) is 6.92 Å². The Morgan fingerprint density at radius 1 is 1.45 bits per heavy atom. The normalized spacial score (nSPS) is 21.8. The van der Waals surface area contributed by atoms with Gasteiger partial charge in [0.15, 0.2) is 0 Å². The molecule has 1 aliphatic heterocycles. The maximum absolute atomic E-state index is 12.2. The molecule has 1 heterocycles. The predicted molar refractivity (Wildman–Crippen MR) is 79.9 cm³/mol. The number of likely N-dealkylation sites (tertiary alicyclic amines) is 1. The van der Waals surface area contributed by atoms with Crippen molar-refractivity contribution < 1.29 is 13.2 Å². The fourth-order valence-corrected chi connectivity index (χ4v) is 3.08. The molecular formula is C13H27N3O3S. The molecule has 1 rings (SSSR count). The Morgan fingerprint density at radius 2 is 2.15 bits per heavy atom. The maximum Gasteiger partial charge on any atom is 0.224 e. The highest BCUT2D eigenvalue weighted by molar-refractivity contribution is 7.88. The van der Waals surface area contributed by atoms with Crippen LogP contribution in [-0.4, -0.2) is 57.7 Å². The summed E-state index contributed by atoms with van der Waals surface area (Å²) in [5, 5.41) is 3.23. The zero-order chi connectivity index (χ0) is 15.2. The number of sulfonamides is 1. The lowest BCUT2D eigenvalue weighted by molar-refractivity contribution is -0.133. The van der Waals surface area contributed by atoms with E-state index in [2.05, 4.69) is 10.0 Å². The molecule has 1 aliphatic rings. The molecule has 0 radical (unpaired) electrons. The van der Waals surface area contributed by atoms with Gasteiger partial charge in [-0.25, -0.2) is 13.1 Å². The van der Waals surface area contributed by atoms with Crippen LogP contribution in [0.25, 0.3) is 0 Å². The minimum atomic E-state index is -3.15. The number of piperidine rings is 1. The first-order valence-electron chi connectivity index (χ1n) is 7.27. The smallest absolute Gasteiger partial charge is 0.224 e. The number of hydrogen-bond acceptors (Lipinski definition) is 4. The molecule has 2 unspecified atom stereocenters. The highest BCUT2D eigenvalue weighted by Gasteiger charge is 2.24. The summed E-state index contributed by atoms with van der Waals surface area (Å²) in [6.07, 6.45) is 3.57. The minimum Gasteiger partial charge on any atom is -0.342 e. The van der Waals surface area contributed by atoms with Crippen molar-refractivity contribution in [3.63, 3.8) is 0 Å². The number of amides is 1. The van der Waals surface area contributed by atoms with E-state index in [1.165, 1.54) is 0 Å². The van der Waals surface area contributed by atoms with Gasteiger partial charge in [0.05, 0.1) is 6.26 Å². The van der Waals surface area contributed by atoms with E-state index in [0.717, 1.165) is 32.2 Å². The van der Waals surface area contributed by atoms with Gasteiger partial charge in [0, 0.05) is 32.1 Å². The van der Waals surface area contributed by atoms with Crippen molar-refractivity contribution in [3.05, 3.63) is 0 Å². The first-order valence-corrected chi connectivity index (χ1v) is 9.16. The van der Waals surface area contributed by atoms with Crippen LogP contribution in [0.1, 0.15) is 33.1 Å². The predicted octanol–water partition coefficient (Wildman–Crippen LogP) is 0.162. The number of nitrogens with zero attached hydrogens (tertiary/aromatic N) is 1. The molecule has 1 fully saturated rings. The summed E-state index contributed by atoms with van der Waals surface area (Å²) in [6, 6.07) is 0.182. The van der Waals surface area contributed by atoms with Crippen LogP contribution in [0.3, 0.4) is 0 Å². The molecule has 118 valence electrons. The molecule has 1 amide bonds. The van der Waals surface area contributed by atoms with E-state index in [0.29, 0.717) is 19.5 Å². The fraction of sp³-hybridized carbons (Fsp3) is 0.923. The second kappa shape index (κ2) is 7.95. The van der Waals surface area contributed by atoms with Crippen LogP contribution in [0.5, 0.6) is 0 Å². The van der Waals surface area contributed by atoms with Gasteiger partial charge in [-0.05, 0) is 32.2 Å². The Hall–Kier alpha value is -0.660. The van der Waals surface area contributed by atoms with Gasteiger partial charge >= 0.3 is 0 Å². The van der Waals surface area contributed by atoms with Crippen LogP contribution in [0.2, 0.25) is 0 Å². The Labute approximate surface area is 122 Å². The summed E-state index contributed by atoms with van der Waals surface area (Å²) in [7, 11) is -3.15. The zero-order valence-electron chi connectivity index (χ0n) is 12.7. The summed E-state index contributed by atoms with van der Waals surface area (Å²) in [5.74, 6) is 0.374. The van der Waals surface area contributed by atoms with E-state index in [-0.39, 0.29) is 17.9 Å². The summed E-state index contributed by atoms with van der Waals surface area (Å²) >= 11 is 0. The third kappa shape index (κ3) is 6.67. The SMILES string of the molecule is CCNC(C)CC(=O)N1CCCC(CNS(C)(=O)=O)C1. The lowest BCUT2D eigenvalue weighted by Gasteiger charge is -2.33. The van der Waals surface area contributed by atoms with Gasteiger partial charge in [-0.2, -0.15) is 0 Å². The molecule has 0 aliphatic carbocycles. The number of carbonyl (C=O) groups is 1. The summed E-state index contributed by atoms with van der Waals surface area (Å²) < 4.78 is 24.7. The number of hydrogen-bond donors (Lipinski definition) is 2. The summed E-state index contributed by atoms with van der Waals surface area (Å²) in [4.78, 5) is 14.0. The Kier molecular flexibility index (Phi) is 6.91. The molecular weight excluding hydrogens is 278 g/mol. The second-order valence-electron chi connectivity index (χ2n) is 5.63. The lowest BCUT2D eigenvalue weighted by atomic mass is 9.98. The Bertz CT molecular complexity index is 411. The highest BCUT2D eigenvalue weighted by Crippen LogP contribution is 2.17. The van der Waals surface area contributed by atoms with Gasteiger partial charge < -0.3 is 10.2 Å². The maximum atomic E-state index is 12.2. The van der Waals surface area contributed by atoms with Gasteiger partial charge in [0.1, 0.15) is 0 Å². The first kappa shape index (κ1) is 17.4. The van der Waals surface area contributed by atoms with E-state index in [1.807, 2.05) is 18.7 Å². The molecule has 0 aromatic rings. The summed E-state index contributed by atoms with van der Waals surface area (Å²) in [5.41, 5.74) is 0. The number of nitrogens with one attached hydrogen (secondary N) is 2. The molecule has 0 saturated carbocycles. The van der Waals surface area contributed by atoms with Crippen molar-refractivity contribution in [2.75, 3.05) is 32.4 Å². The number of carbonyl (C=O) groups excluding carboxylic acids is 1. The van der Waals surface area contributed by atoms with Crippen molar-refractivity contribution in [2.24, 2.45) is 5.92 Å². The van der Waals surface area contributed by atoms with Gasteiger partial charge in [0.25, 0.3) is 0 Å². The van der Waals surface area contributed by atoms with Crippen molar-refractivity contribution in [1.82, 2.24) is 14.9 Å². The number of rotatable bonds is 7. The van der Waals surface area contributed by atoms with Crippen molar-refractivity contribution >= 4 is 15.9 Å². The van der Waals surface area contributed by atoms with E-state index in [4.69, 9.17) is 0 Å². The topological polar surface area (TPSA) is 78.5 Å². The molecule has 1 saturated heterocycles. The molecule has 0 aromatic carbocycles. The largest absolute Gasteiger partial charge is 0.342 e. The highest BCUT2D eigenvalue weighted by atomic mass is 32.2. The Morgan fingerprint density at radius 3 is 2.75 bits per heavy atom. The van der Waals surface area contributed by atoms with Gasteiger partial charge in [-0.15, -0.1) is 0 Å². The molecule has 20 heavy (non-hydrogen) atoms. The van der Waals surface area contributed by atoms with Crippen molar-refractivity contribution in [3.8, 4) is 0 Å². The molecule has 2 atom stereocenters. The summed E-state index contributed by atoms with van der Waals surface area (Å²) in [6.45, 7) is 6.75. The first-order chi connectivity index (χ1) is 9.31. The van der Waals surface area contributed by atoms with Crippen LogP contribution in [0.15, 0.2) is 0 Å². The zero-order valence-corrected chi connectivity index (χ0v) is 13.5. The van der Waals surface area contributed by atoms with E-state index in [9.17, 15) is 13.2 Å². The second-order valence-corrected chi connectivity index (χ2v) is 7.46. The van der Waals surface area contributed by atoms with Crippen LogP contribution in [0, 0.1) is 5.92 Å². The average Bonchev–Trinajstić information content (AvgIpc) is 2.36. The van der Waals surface area contributed by atoms with Gasteiger partial charge in [0.2, 0.25) is 15.9 Å². The Balaban J connectivity index is 2.41. The quantitative estimate of drug-likeness (QED) is 0.702.